The van der Waals surface area contributed by atoms with E-state index in [0.717, 1.165) is 38.2 Å². The zero-order chi connectivity index (χ0) is 13.5. The molecule has 104 valence electrons. The van der Waals surface area contributed by atoms with Crippen LogP contribution in [0.4, 0.5) is 0 Å². The molecule has 1 aromatic heterocycles. The standard InChI is InChI=1S/C13H20N4O2/c1-19-13-15-9-11(10-16-13)3-4-12(18)17-7-2-5-14-6-8-17/h9-10,14H,2-8H2,1H3. The van der Waals surface area contributed by atoms with E-state index in [1.807, 2.05) is 4.90 Å². The van der Waals surface area contributed by atoms with Crippen LogP contribution in [0.3, 0.4) is 0 Å². The van der Waals surface area contributed by atoms with Crippen LogP contribution < -0.4 is 10.1 Å². The number of rotatable bonds is 4. The minimum Gasteiger partial charge on any atom is -0.467 e. The molecule has 1 amide bonds. The zero-order valence-electron chi connectivity index (χ0n) is 11.3. The van der Waals surface area contributed by atoms with Crippen molar-refractivity contribution >= 4 is 5.91 Å². The molecule has 19 heavy (non-hydrogen) atoms. The number of nitrogens with zero attached hydrogens (tertiary/aromatic N) is 3. The molecule has 2 heterocycles. The van der Waals surface area contributed by atoms with Gasteiger partial charge in [-0.05, 0) is 24.9 Å². The molecule has 1 aliphatic rings. The average Bonchev–Trinajstić information content (AvgIpc) is 2.74. The average molecular weight is 264 g/mol. The fourth-order valence-electron chi connectivity index (χ4n) is 2.08. The topological polar surface area (TPSA) is 67.3 Å². The van der Waals surface area contributed by atoms with Gasteiger partial charge in [-0.15, -0.1) is 0 Å². The maximum absolute atomic E-state index is 12.1. The van der Waals surface area contributed by atoms with Gasteiger partial charge in [0.25, 0.3) is 0 Å². The Balaban J connectivity index is 1.81. The number of hydrogen-bond acceptors (Lipinski definition) is 5. The van der Waals surface area contributed by atoms with Crippen molar-refractivity contribution in [1.29, 1.82) is 0 Å². The number of hydrogen-bond donors (Lipinski definition) is 1. The normalized spacial score (nSPS) is 15.9. The quantitative estimate of drug-likeness (QED) is 0.844. The zero-order valence-corrected chi connectivity index (χ0v) is 11.3. The second-order valence-electron chi connectivity index (χ2n) is 4.56. The smallest absolute Gasteiger partial charge is 0.316 e. The summed E-state index contributed by atoms with van der Waals surface area (Å²) >= 11 is 0. The van der Waals surface area contributed by atoms with Gasteiger partial charge in [0.2, 0.25) is 5.91 Å². The van der Waals surface area contributed by atoms with Gasteiger partial charge in [0.05, 0.1) is 7.11 Å². The Morgan fingerprint density at radius 3 is 2.89 bits per heavy atom. The Morgan fingerprint density at radius 1 is 1.37 bits per heavy atom. The van der Waals surface area contributed by atoms with Crippen LogP contribution in [-0.2, 0) is 11.2 Å². The van der Waals surface area contributed by atoms with E-state index >= 15 is 0 Å². The Labute approximate surface area is 113 Å². The lowest BCUT2D eigenvalue weighted by Crippen LogP contribution is -2.34. The molecule has 0 radical (unpaired) electrons. The summed E-state index contributed by atoms with van der Waals surface area (Å²) in [6, 6.07) is 0.355. The largest absolute Gasteiger partial charge is 0.467 e. The molecule has 1 fully saturated rings. The van der Waals surface area contributed by atoms with Crippen molar-refractivity contribution in [3.8, 4) is 6.01 Å². The summed E-state index contributed by atoms with van der Waals surface area (Å²) in [5.74, 6) is 0.208. The van der Waals surface area contributed by atoms with Crippen LogP contribution in [0, 0.1) is 0 Å². The van der Waals surface area contributed by atoms with Crippen LogP contribution in [0.5, 0.6) is 6.01 Å². The second kappa shape index (κ2) is 7.04. The molecule has 0 unspecified atom stereocenters. The van der Waals surface area contributed by atoms with Crippen LogP contribution >= 0.6 is 0 Å². The first kappa shape index (κ1) is 13.7. The molecule has 0 atom stereocenters. The first-order valence-electron chi connectivity index (χ1n) is 6.63. The molecular formula is C13H20N4O2. The molecule has 1 saturated heterocycles. The molecule has 0 spiro atoms. The highest BCUT2D eigenvalue weighted by molar-refractivity contribution is 5.76. The highest BCUT2D eigenvalue weighted by atomic mass is 16.5. The van der Waals surface area contributed by atoms with Gasteiger partial charge >= 0.3 is 6.01 Å². The highest BCUT2D eigenvalue weighted by Gasteiger charge is 2.14. The van der Waals surface area contributed by atoms with Crippen LogP contribution in [-0.4, -0.2) is 54.1 Å². The Morgan fingerprint density at radius 2 is 2.16 bits per heavy atom. The van der Waals surface area contributed by atoms with Crippen molar-refractivity contribution in [2.45, 2.75) is 19.3 Å². The van der Waals surface area contributed by atoms with E-state index in [4.69, 9.17) is 4.74 Å². The van der Waals surface area contributed by atoms with Crippen molar-refractivity contribution in [3.63, 3.8) is 0 Å². The van der Waals surface area contributed by atoms with Gasteiger partial charge in [-0.3, -0.25) is 4.79 Å². The lowest BCUT2D eigenvalue weighted by Gasteiger charge is -2.19. The third kappa shape index (κ3) is 4.17. The van der Waals surface area contributed by atoms with Crippen molar-refractivity contribution in [2.24, 2.45) is 0 Å². The number of ether oxygens (including phenoxy) is 1. The molecule has 2 rings (SSSR count). The fourth-order valence-corrected chi connectivity index (χ4v) is 2.08. The summed E-state index contributed by atoms with van der Waals surface area (Å²) in [5, 5.41) is 3.29. The molecule has 1 aliphatic heterocycles. The Kier molecular flexibility index (Phi) is 5.09. The van der Waals surface area contributed by atoms with Gasteiger partial charge in [0, 0.05) is 38.4 Å². The number of aryl methyl sites for hydroxylation is 1. The molecule has 0 aromatic carbocycles. The van der Waals surface area contributed by atoms with E-state index in [0.29, 0.717) is 18.9 Å². The van der Waals surface area contributed by atoms with Crippen molar-refractivity contribution in [3.05, 3.63) is 18.0 Å². The van der Waals surface area contributed by atoms with Crippen molar-refractivity contribution < 1.29 is 9.53 Å². The molecule has 0 saturated carbocycles. The highest BCUT2D eigenvalue weighted by Crippen LogP contribution is 2.07. The SMILES string of the molecule is COc1ncc(CCC(=O)N2CCCNCC2)cn1. The molecule has 1 aromatic rings. The molecule has 6 heteroatoms. The van der Waals surface area contributed by atoms with E-state index < -0.39 is 0 Å². The first-order valence-corrected chi connectivity index (χ1v) is 6.63. The van der Waals surface area contributed by atoms with Crippen molar-refractivity contribution in [2.75, 3.05) is 33.3 Å². The lowest BCUT2D eigenvalue weighted by molar-refractivity contribution is -0.130. The van der Waals surface area contributed by atoms with Crippen LogP contribution in [0.25, 0.3) is 0 Å². The molecule has 0 aliphatic carbocycles. The van der Waals surface area contributed by atoms with Gasteiger partial charge in [-0.25, -0.2) is 9.97 Å². The monoisotopic (exact) mass is 264 g/mol. The van der Waals surface area contributed by atoms with Gasteiger partial charge < -0.3 is 15.0 Å². The maximum Gasteiger partial charge on any atom is 0.316 e. The molecule has 1 N–H and O–H groups in total. The minimum absolute atomic E-state index is 0.208. The van der Waals surface area contributed by atoms with Gasteiger partial charge in [0.1, 0.15) is 0 Å². The number of aromatic nitrogens is 2. The van der Waals surface area contributed by atoms with Crippen molar-refractivity contribution in [1.82, 2.24) is 20.2 Å². The molecule has 6 nitrogen and oxygen atoms in total. The fraction of sp³-hybridized carbons (Fsp3) is 0.615. The summed E-state index contributed by atoms with van der Waals surface area (Å²) in [5.41, 5.74) is 0.960. The summed E-state index contributed by atoms with van der Waals surface area (Å²) < 4.78 is 4.90. The van der Waals surface area contributed by atoms with E-state index in [1.54, 1.807) is 12.4 Å². The van der Waals surface area contributed by atoms with Crippen LogP contribution in [0.1, 0.15) is 18.4 Å². The Hall–Kier alpha value is -1.69. The van der Waals surface area contributed by atoms with E-state index in [1.165, 1.54) is 7.11 Å². The van der Waals surface area contributed by atoms with Gasteiger partial charge in [-0.1, -0.05) is 0 Å². The number of amides is 1. The summed E-state index contributed by atoms with van der Waals surface area (Å²) in [6.07, 6.45) is 5.63. The molecular weight excluding hydrogens is 244 g/mol. The maximum atomic E-state index is 12.1. The summed E-state index contributed by atoms with van der Waals surface area (Å²) in [6.45, 7) is 3.54. The van der Waals surface area contributed by atoms with Gasteiger partial charge in [-0.2, -0.15) is 0 Å². The minimum atomic E-state index is 0.208. The lowest BCUT2D eigenvalue weighted by atomic mass is 10.2. The number of nitrogens with one attached hydrogen (secondary N) is 1. The second-order valence-corrected chi connectivity index (χ2v) is 4.56. The van der Waals surface area contributed by atoms with E-state index in [9.17, 15) is 4.79 Å². The third-order valence-corrected chi connectivity index (χ3v) is 3.18. The molecule has 0 bridgehead atoms. The number of carbonyl (C=O) groups is 1. The van der Waals surface area contributed by atoms with E-state index in [2.05, 4.69) is 15.3 Å². The Bertz CT molecular complexity index is 400. The van der Waals surface area contributed by atoms with E-state index in [-0.39, 0.29) is 5.91 Å². The third-order valence-electron chi connectivity index (χ3n) is 3.18. The first-order chi connectivity index (χ1) is 9.29. The predicted octanol–water partition coefficient (Wildman–Crippen LogP) is 0.240. The predicted molar refractivity (Wildman–Crippen MR) is 71.0 cm³/mol. The van der Waals surface area contributed by atoms with Crippen LogP contribution in [0.15, 0.2) is 12.4 Å². The summed E-state index contributed by atoms with van der Waals surface area (Å²) in [7, 11) is 1.53. The summed E-state index contributed by atoms with van der Waals surface area (Å²) in [4.78, 5) is 22.1. The van der Waals surface area contributed by atoms with Gasteiger partial charge in [0.15, 0.2) is 0 Å². The van der Waals surface area contributed by atoms with Crippen LogP contribution in [0.2, 0.25) is 0 Å². The number of carbonyl (C=O) groups excluding carboxylic acids is 1. The number of methoxy groups -OCH3 is 1.